The summed E-state index contributed by atoms with van der Waals surface area (Å²) in [5.41, 5.74) is 2.73. The molecule has 1 rings (SSSR count). The summed E-state index contributed by atoms with van der Waals surface area (Å²) in [5.74, 6) is 2.14. The van der Waals surface area contributed by atoms with E-state index in [0.717, 1.165) is 25.2 Å². The first-order valence-corrected chi connectivity index (χ1v) is 7.50. The van der Waals surface area contributed by atoms with E-state index in [2.05, 4.69) is 58.0 Å². The Hall–Kier alpha value is -1.24. The van der Waals surface area contributed by atoms with E-state index in [1.54, 1.807) is 0 Å². The summed E-state index contributed by atoms with van der Waals surface area (Å²) in [4.78, 5) is 0. The van der Waals surface area contributed by atoms with Crippen LogP contribution in [0.4, 0.5) is 0 Å². The summed E-state index contributed by atoms with van der Waals surface area (Å²) in [6.45, 7) is 11.7. The van der Waals surface area contributed by atoms with Crippen molar-refractivity contribution in [3.8, 4) is 5.75 Å². The molecule has 0 aliphatic rings. The third-order valence-corrected chi connectivity index (χ3v) is 3.25. The minimum absolute atomic E-state index is 0.503. The van der Waals surface area contributed by atoms with E-state index in [1.165, 1.54) is 11.1 Å². The molecule has 0 fully saturated rings. The van der Waals surface area contributed by atoms with Crippen LogP contribution in [0.3, 0.4) is 0 Å². The number of ether oxygens (including phenoxy) is 1. The standard InChI is InChI=1S/C18H28O/c1-6-8-9-15(5)12-16-10-11-18(19-7-2)17(13-16)14(3)4/h8-11,13-15H,6-7,12H2,1-5H3/b9-8-. The Kier molecular flexibility index (Phi) is 6.69. The van der Waals surface area contributed by atoms with Gasteiger partial charge in [-0.05, 0) is 48.8 Å². The lowest BCUT2D eigenvalue weighted by atomic mass is 9.94. The van der Waals surface area contributed by atoms with Crippen molar-refractivity contribution in [1.29, 1.82) is 0 Å². The fourth-order valence-electron chi connectivity index (χ4n) is 2.27. The van der Waals surface area contributed by atoms with Gasteiger partial charge in [0, 0.05) is 0 Å². The Bertz CT molecular complexity index is 404. The largest absolute Gasteiger partial charge is 0.494 e. The molecule has 0 amide bonds. The molecule has 0 radical (unpaired) electrons. The summed E-state index contributed by atoms with van der Waals surface area (Å²) >= 11 is 0. The maximum absolute atomic E-state index is 5.71. The van der Waals surface area contributed by atoms with Gasteiger partial charge in [-0.1, -0.05) is 52.0 Å². The van der Waals surface area contributed by atoms with E-state index in [0.29, 0.717) is 11.8 Å². The van der Waals surface area contributed by atoms with Gasteiger partial charge in [0.25, 0.3) is 0 Å². The summed E-state index contributed by atoms with van der Waals surface area (Å²) in [7, 11) is 0. The van der Waals surface area contributed by atoms with E-state index >= 15 is 0 Å². The average molecular weight is 260 g/mol. The van der Waals surface area contributed by atoms with Gasteiger partial charge in [0.1, 0.15) is 5.75 Å². The predicted molar refractivity (Wildman–Crippen MR) is 84.0 cm³/mol. The minimum Gasteiger partial charge on any atom is -0.494 e. The lowest BCUT2D eigenvalue weighted by molar-refractivity contribution is 0.335. The van der Waals surface area contributed by atoms with E-state index in [-0.39, 0.29) is 0 Å². The van der Waals surface area contributed by atoms with Crippen molar-refractivity contribution in [1.82, 2.24) is 0 Å². The number of hydrogen-bond acceptors (Lipinski definition) is 1. The number of hydrogen-bond donors (Lipinski definition) is 0. The maximum atomic E-state index is 5.71. The topological polar surface area (TPSA) is 9.23 Å². The zero-order valence-corrected chi connectivity index (χ0v) is 13.1. The molecule has 0 heterocycles. The molecule has 1 aromatic carbocycles. The average Bonchev–Trinajstić information content (AvgIpc) is 2.38. The van der Waals surface area contributed by atoms with E-state index in [9.17, 15) is 0 Å². The van der Waals surface area contributed by atoms with Crippen LogP contribution in [-0.4, -0.2) is 6.61 Å². The predicted octanol–water partition coefficient (Wildman–Crippen LogP) is 5.35. The Morgan fingerprint density at radius 2 is 1.89 bits per heavy atom. The SMILES string of the molecule is CC/C=C\C(C)Cc1ccc(OCC)c(C(C)C)c1. The molecule has 0 N–H and O–H groups in total. The normalized spacial score (nSPS) is 13.2. The molecule has 1 nitrogen and oxygen atoms in total. The Morgan fingerprint density at radius 3 is 2.47 bits per heavy atom. The van der Waals surface area contributed by atoms with Crippen LogP contribution >= 0.6 is 0 Å². The molecule has 1 heteroatoms. The summed E-state index contributed by atoms with van der Waals surface area (Å²) in [5, 5.41) is 0. The third-order valence-electron chi connectivity index (χ3n) is 3.25. The molecule has 0 aliphatic heterocycles. The molecule has 0 saturated carbocycles. The molecule has 0 saturated heterocycles. The van der Waals surface area contributed by atoms with Gasteiger partial charge < -0.3 is 4.74 Å². The second-order valence-electron chi connectivity index (χ2n) is 5.48. The second-order valence-corrected chi connectivity index (χ2v) is 5.48. The van der Waals surface area contributed by atoms with E-state index in [1.807, 2.05) is 6.92 Å². The van der Waals surface area contributed by atoms with Gasteiger partial charge in [0.15, 0.2) is 0 Å². The van der Waals surface area contributed by atoms with Crippen LogP contribution in [0.5, 0.6) is 5.75 Å². The molecule has 1 unspecified atom stereocenters. The Morgan fingerprint density at radius 1 is 1.16 bits per heavy atom. The lowest BCUT2D eigenvalue weighted by Gasteiger charge is -2.16. The van der Waals surface area contributed by atoms with E-state index < -0.39 is 0 Å². The molecule has 0 spiro atoms. The summed E-state index contributed by atoms with van der Waals surface area (Å²) in [6.07, 6.45) is 6.78. The number of rotatable bonds is 7. The van der Waals surface area contributed by atoms with Gasteiger partial charge in [-0.3, -0.25) is 0 Å². The zero-order chi connectivity index (χ0) is 14.3. The first kappa shape index (κ1) is 15.8. The van der Waals surface area contributed by atoms with Crippen LogP contribution in [0, 0.1) is 5.92 Å². The smallest absolute Gasteiger partial charge is 0.122 e. The molecule has 1 atom stereocenters. The van der Waals surface area contributed by atoms with Gasteiger partial charge in [-0.25, -0.2) is 0 Å². The highest BCUT2D eigenvalue weighted by Gasteiger charge is 2.09. The van der Waals surface area contributed by atoms with Crippen molar-refractivity contribution >= 4 is 0 Å². The summed E-state index contributed by atoms with van der Waals surface area (Å²) < 4.78 is 5.71. The van der Waals surface area contributed by atoms with Crippen molar-refractivity contribution in [2.75, 3.05) is 6.61 Å². The van der Waals surface area contributed by atoms with Crippen molar-refractivity contribution < 1.29 is 4.74 Å². The first-order valence-electron chi connectivity index (χ1n) is 7.50. The van der Waals surface area contributed by atoms with Gasteiger partial charge in [0.05, 0.1) is 6.61 Å². The van der Waals surface area contributed by atoms with Crippen molar-refractivity contribution in [3.63, 3.8) is 0 Å². The van der Waals surface area contributed by atoms with Crippen LogP contribution in [0.2, 0.25) is 0 Å². The van der Waals surface area contributed by atoms with Gasteiger partial charge in [-0.2, -0.15) is 0 Å². The van der Waals surface area contributed by atoms with Crippen LogP contribution in [0.15, 0.2) is 30.4 Å². The van der Waals surface area contributed by atoms with Crippen LogP contribution in [-0.2, 0) is 6.42 Å². The highest BCUT2D eigenvalue weighted by Crippen LogP contribution is 2.28. The lowest BCUT2D eigenvalue weighted by Crippen LogP contribution is -2.02. The highest BCUT2D eigenvalue weighted by atomic mass is 16.5. The van der Waals surface area contributed by atoms with E-state index in [4.69, 9.17) is 4.74 Å². The molecular formula is C18H28O. The minimum atomic E-state index is 0.503. The van der Waals surface area contributed by atoms with Gasteiger partial charge in [0.2, 0.25) is 0 Å². The molecule has 0 aromatic heterocycles. The number of allylic oxidation sites excluding steroid dienone is 2. The van der Waals surface area contributed by atoms with Crippen LogP contribution in [0.25, 0.3) is 0 Å². The van der Waals surface area contributed by atoms with Crippen molar-refractivity contribution in [2.24, 2.45) is 5.92 Å². The third kappa shape index (κ3) is 5.10. The molecule has 0 aliphatic carbocycles. The van der Waals surface area contributed by atoms with Crippen molar-refractivity contribution in [3.05, 3.63) is 41.5 Å². The monoisotopic (exact) mass is 260 g/mol. The quantitative estimate of drug-likeness (QED) is 0.600. The van der Waals surface area contributed by atoms with Gasteiger partial charge >= 0.3 is 0 Å². The number of benzene rings is 1. The molecule has 19 heavy (non-hydrogen) atoms. The van der Waals surface area contributed by atoms with Crippen LogP contribution in [0.1, 0.15) is 58.1 Å². The molecule has 0 bridgehead atoms. The molecular weight excluding hydrogens is 232 g/mol. The Labute approximate surface area is 118 Å². The summed E-state index contributed by atoms with van der Waals surface area (Å²) in [6, 6.07) is 6.64. The van der Waals surface area contributed by atoms with Gasteiger partial charge in [-0.15, -0.1) is 0 Å². The maximum Gasteiger partial charge on any atom is 0.122 e. The highest BCUT2D eigenvalue weighted by molar-refractivity contribution is 5.39. The first-order chi connectivity index (χ1) is 9.08. The Balaban J connectivity index is 2.86. The van der Waals surface area contributed by atoms with Crippen molar-refractivity contribution in [2.45, 2.75) is 53.4 Å². The van der Waals surface area contributed by atoms with Crippen LogP contribution < -0.4 is 4.74 Å². The molecule has 1 aromatic rings. The second kappa shape index (κ2) is 8.04. The zero-order valence-electron chi connectivity index (χ0n) is 13.1. The fourth-order valence-corrected chi connectivity index (χ4v) is 2.27. The fraction of sp³-hybridized carbons (Fsp3) is 0.556. The molecule has 106 valence electrons.